The normalized spacial score (nSPS) is 12.6. The highest BCUT2D eigenvalue weighted by atomic mass is 16.5. The summed E-state index contributed by atoms with van der Waals surface area (Å²) in [6.07, 6.45) is 2.98. The third kappa shape index (κ3) is 2.35. The Morgan fingerprint density at radius 3 is 2.50 bits per heavy atom. The van der Waals surface area contributed by atoms with Crippen LogP contribution in [0.15, 0.2) is 67.5 Å². The van der Waals surface area contributed by atoms with Crippen molar-refractivity contribution >= 4 is 22.2 Å². The lowest BCUT2D eigenvalue weighted by atomic mass is 9.97. The summed E-state index contributed by atoms with van der Waals surface area (Å²) in [6.45, 7) is 0. The van der Waals surface area contributed by atoms with E-state index in [9.17, 15) is 9.59 Å². The zero-order valence-electron chi connectivity index (χ0n) is 14.5. The molecule has 0 fully saturated rings. The molecule has 0 bridgehead atoms. The number of nitrogens with zero attached hydrogens (tertiary/aromatic N) is 6. The summed E-state index contributed by atoms with van der Waals surface area (Å²) in [5.74, 6) is 0. The molecule has 5 rings (SSSR count). The Bertz CT molecular complexity index is 1420. The molecule has 0 amide bonds. The first-order valence-corrected chi connectivity index (χ1v) is 8.33. The van der Waals surface area contributed by atoms with Gasteiger partial charge in [-0.3, -0.25) is 0 Å². The average molecular weight is 376 g/mol. The van der Waals surface area contributed by atoms with Gasteiger partial charge in [0.2, 0.25) is 5.58 Å². The summed E-state index contributed by atoms with van der Waals surface area (Å²) < 4.78 is 13.8. The van der Waals surface area contributed by atoms with Crippen LogP contribution in [0.25, 0.3) is 22.2 Å². The summed E-state index contributed by atoms with van der Waals surface area (Å²) in [6, 6.07) is 10.8. The van der Waals surface area contributed by atoms with Gasteiger partial charge in [0.25, 0.3) is 0 Å². The van der Waals surface area contributed by atoms with Gasteiger partial charge in [-0.15, -0.1) is 5.10 Å². The molecule has 0 saturated heterocycles. The lowest BCUT2D eigenvalue weighted by molar-refractivity contribution is 0.445. The van der Waals surface area contributed by atoms with Crippen molar-refractivity contribution in [3.8, 4) is 0 Å². The summed E-state index contributed by atoms with van der Waals surface area (Å²) in [7, 11) is 1.72. The largest absolute Gasteiger partial charge is 0.423 e. The summed E-state index contributed by atoms with van der Waals surface area (Å²) in [5, 5.41) is 12.3. The fraction of sp³-hybridized carbons (Fsp3) is 0.111. The van der Waals surface area contributed by atoms with E-state index < -0.39 is 17.3 Å². The Morgan fingerprint density at radius 2 is 1.79 bits per heavy atom. The van der Waals surface area contributed by atoms with Gasteiger partial charge >= 0.3 is 11.3 Å². The highest BCUT2D eigenvalue weighted by molar-refractivity contribution is 5.99. The van der Waals surface area contributed by atoms with Crippen LogP contribution in [0.3, 0.4) is 0 Å². The van der Waals surface area contributed by atoms with Crippen molar-refractivity contribution in [1.82, 2.24) is 29.8 Å². The van der Waals surface area contributed by atoms with Crippen molar-refractivity contribution in [1.29, 1.82) is 0 Å². The van der Waals surface area contributed by atoms with Gasteiger partial charge < -0.3 is 8.83 Å². The van der Waals surface area contributed by atoms with E-state index >= 15 is 0 Å². The van der Waals surface area contributed by atoms with E-state index in [1.807, 2.05) is 30.3 Å². The lowest BCUT2D eigenvalue weighted by Gasteiger charge is -2.19. The van der Waals surface area contributed by atoms with Gasteiger partial charge in [0.15, 0.2) is 11.1 Å². The second-order valence-corrected chi connectivity index (χ2v) is 6.17. The first-order valence-electron chi connectivity index (χ1n) is 8.33. The fourth-order valence-corrected chi connectivity index (χ4v) is 3.27. The summed E-state index contributed by atoms with van der Waals surface area (Å²) in [4.78, 5) is 27.8. The maximum absolute atomic E-state index is 11.9. The second-order valence-electron chi connectivity index (χ2n) is 6.17. The molecule has 1 unspecified atom stereocenters. The molecule has 28 heavy (non-hydrogen) atoms. The van der Waals surface area contributed by atoms with Gasteiger partial charge in [-0.05, 0) is 11.6 Å². The molecule has 0 spiro atoms. The Balaban J connectivity index is 1.95. The highest BCUT2D eigenvalue weighted by Gasteiger charge is 2.26. The number of fused-ring (bicyclic) bond motifs is 3. The van der Waals surface area contributed by atoms with Crippen LogP contribution >= 0.6 is 0 Å². The number of rotatable bonds is 3. The molecular formula is C18H12N6O4. The van der Waals surface area contributed by atoms with Crippen molar-refractivity contribution in [2.24, 2.45) is 7.05 Å². The van der Waals surface area contributed by atoms with Crippen LogP contribution in [0, 0.1) is 0 Å². The first-order chi connectivity index (χ1) is 13.6. The third-order valence-corrected chi connectivity index (χ3v) is 4.51. The minimum atomic E-state index is -1.10. The monoisotopic (exact) mass is 376 g/mol. The molecular weight excluding hydrogens is 364 g/mol. The van der Waals surface area contributed by atoms with Crippen LogP contribution in [0.2, 0.25) is 0 Å². The van der Waals surface area contributed by atoms with Gasteiger partial charge in [0.05, 0.1) is 5.52 Å². The number of aryl methyl sites for hydroxylation is 1. The van der Waals surface area contributed by atoms with Crippen LogP contribution in [0.5, 0.6) is 0 Å². The fourth-order valence-electron chi connectivity index (χ4n) is 3.27. The lowest BCUT2D eigenvalue weighted by Crippen LogP contribution is -2.22. The summed E-state index contributed by atoms with van der Waals surface area (Å²) in [5.41, 5.74) is 0.348. The number of hydrogen-bond acceptors (Lipinski definition) is 8. The topological polar surface area (TPSA) is 122 Å². The molecule has 10 nitrogen and oxygen atoms in total. The molecule has 0 aliphatic carbocycles. The molecule has 138 valence electrons. The Kier molecular flexibility index (Phi) is 3.44. The van der Waals surface area contributed by atoms with Gasteiger partial charge in [-0.2, -0.15) is 5.10 Å². The van der Waals surface area contributed by atoms with Crippen LogP contribution in [0.1, 0.15) is 17.2 Å². The van der Waals surface area contributed by atoms with Gasteiger partial charge in [0.1, 0.15) is 18.7 Å². The second kappa shape index (κ2) is 5.98. The standard InChI is InChI=1S/C18H12N6O4/c1-23-12-7-11(14(24-9-19-8-20-24)10-5-3-2-4-6-10)15-16(13(12)21-22-23)28-18(26)17(25)27-15/h2-9,14H,1H3. The number of benzene rings is 2. The van der Waals surface area contributed by atoms with Crippen LogP contribution in [-0.2, 0) is 7.05 Å². The molecule has 0 aliphatic heterocycles. The Morgan fingerprint density at radius 1 is 1.04 bits per heavy atom. The minimum absolute atomic E-state index is 0.0613. The molecule has 0 N–H and O–H groups in total. The van der Waals surface area contributed by atoms with Crippen molar-refractivity contribution in [2.75, 3.05) is 0 Å². The minimum Gasteiger partial charge on any atom is -0.414 e. The molecule has 10 heteroatoms. The Hall–Kier alpha value is -4.08. The zero-order valence-corrected chi connectivity index (χ0v) is 14.5. The molecule has 2 aromatic carbocycles. The molecule has 3 aromatic heterocycles. The SMILES string of the molecule is Cn1nnc2c3oc(=O)c(=O)oc3c(C(c3ccccc3)n3cncn3)cc21. The molecule has 0 aliphatic rings. The van der Waals surface area contributed by atoms with Gasteiger partial charge in [-0.1, -0.05) is 35.5 Å². The predicted molar refractivity (Wildman–Crippen MR) is 96.8 cm³/mol. The summed E-state index contributed by atoms with van der Waals surface area (Å²) >= 11 is 0. The van der Waals surface area contributed by atoms with Crippen LogP contribution in [0.4, 0.5) is 0 Å². The van der Waals surface area contributed by atoms with Gasteiger partial charge in [0, 0.05) is 12.6 Å². The van der Waals surface area contributed by atoms with Crippen molar-refractivity contribution in [2.45, 2.75) is 6.04 Å². The number of aromatic nitrogens is 6. The Labute approximate surface area is 155 Å². The smallest absolute Gasteiger partial charge is 0.414 e. The van der Waals surface area contributed by atoms with Crippen LogP contribution < -0.4 is 11.3 Å². The molecule has 5 aromatic rings. The molecule has 0 saturated carbocycles. The van der Waals surface area contributed by atoms with E-state index in [1.165, 1.54) is 6.33 Å². The van der Waals surface area contributed by atoms with E-state index in [4.69, 9.17) is 8.83 Å². The van der Waals surface area contributed by atoms with Crippen molar-refractivity contribution in [3.63, 3.8) is 0 Å². The maximum atomic E-state index is 11.9. The van der Waals surface area contributed by atoms with E-state index in [0.717, 1.165) is 5.56 Å². The predicted octanol–water partition coefficient (Wildman–Crippen LogP) is 1.26. The number of hydrogen-bond donors (Lipinski definition) is 0. The van der Waals surface area contributed by atoms with Gasteiger partial charge in [-0.25, -0.2) is 23.9 Å². The zero-order chi connectivity index (χ0) is 19.3. The first kappa shape index (κ1) is 16.1. The van der Waals surface area contributed by atoms with E-state index in [-0.39, 0.29) is 11.2 Å². The molecule has 1 atom stereocenters. The third-order valence-electron chi connectivity index (χ3n) is 4.51. The highest BCUT2D eigenvalue weighted by Crippen LogP contribution is 2.34. The van der Waals surface area contributed by atoms with E-state index in [1.54, 1.807) is 28.8 Å². The maximum Gasteiger partial charge on any atom is 0.423 e. The van der Waals surface area contributed by atoms with E-state index in [0.29, 0.717) is 16.6 Å². The van der Waals surface area contributed by atoms with Crippen LogP contribution in [-0.4, -0.2) is 29.8 Å². The van der Waals surface area contributed by atoms with Crippen molar-refractivity contribution < 1.29 is 8.83 Å². The molecule has 0 radical (unpaired) electrons. The average Bonchev–Trinajstić information content (AvgIpc) is 3.35. The van der Waals surface area contributed by atoms with Crippen molar-refractivity contribution in [3.05, 3.63) is 81.0 Å². The van der Waals surface area contributed by atoms with E-state index in [2.05, 4.69) is 20.4 Å². The quantitative estimate of drug-likeness (QED) is 0.431. The molecule has 3 heterocycles.